The van der Waals surface area contributed by atoms with Crippen LogP contribution in [0.25, 0.3) is 6.08 Å². The first-order valence-electron chi connectivity index (χ1n) is 9.81. The molecule has 1 aliphatic heterocycles. The number of carbonyl (C=O) groups is 2. The lowest BCUT2D eigenvalue weighted by Crippen LogP contribution is -2.23. The van der Waals surface area contributed by atoms with Crippen LogP contribution in [0.5, 0.6) is 11.5 Å². The smallest absolute Gasteiger partial charge is 0.248 e. The Morgan fingerprint density at radius 3 is 2.57 bits per heavy atom. The van der Waals surface area contributed by atoms with Crippen molar-refractivity contribution in [2.24, 2.45) is 0 Å². The first-order valence-corrected chi connectivity index (χ1v) is 10.2. The Morgan fingerprint density at radius 1 is 1.23 bits per heavy atom. The van der Waals surface area contributed by atoms with Crippen molar-refractivity contribution in [1.82, 2.24) is 0 Å². The molecule has 1 heterocycles. The minimum Gasteiger partial charge on any atom is -0.493 e. The molecular formula is C23H25ClN2O4. The Kier molecular flexibility index (Phi) is 7.00. The third-order valence-electron chi connectivity index (χ3n) is 4.55. The van der Waals surface area contributed by atoms with Crippen LogP contribution in [0, 0.1) is 0 Å². The lowest BCUT2D eigenvalue weighted by atomic mass is 10.1. The van der Waals surface area contributed by atoms with Crippen molar-refractivity contribution in [2.45, 2.75) is 32.8 Å². The Bertz CT molecular complexity index is 954. The fraction of sp³-hybridized carbons (Fsp3) is 0.304. The maximum Gasteiger partial charge on any atom is 0.248 e. The molecule has 0 unspecified atom stereocenters. The summed E-state index contributed by atoms with van der Waals surface area (Å²) in [5.41, 5.74) is 2.21. The number of hydrogen-bond donors (Lipinski definition) is 1. The Balaban J connectivity index is 1.66. The van der Waals surface area contributed by atoms with Crippen LogP contribution in [0.4, 0.5) is 11.4 Å². The molecule has 3 rings (SSSR count). The van der Waals surface area contributed by atoms with E-state index in [2.05, 4.69) is 5.32 Å². The highest BCUT2D eigenvalue weighted by Gasteiger charge is 2.21. The average Bonchev–Trinajstić information content (AvgIpc) is 3.14. The second-order valence-electron chi connectivity index (χ2n) is 7.22. The molecule has 158 valence electrons. The van der Waals surface area contributed by atoms with E-state index in [1.807, 2.05) is 26.0 Å². The summed E-state index contributed by atoms with van der Waals surface area (Å²) in [4.78, 5) is 25.9. The number of carbonyl (C=O) groups excluding carboxylic acids is 2. The number of ether oxygens (including phenoxy) is 2. The van der Waals surface area contributed by atoms with Crippen LogP contribution in [0.3, 0.4) is 0 Å². The quantitative estimate of drug-likeness (QED) is 0.636. The Morgan fingerprint density at radius 2 is 1.97 bits per heavy atom. The fourth-order valence-corrected chi connectivity index (χ4v) is 3.45. The van der Waals surface area contributed by atoms with Gasteiger partial charge in [0.25, 0.3) is 0 Å². The second kappa shape index (κ2) is 9.67. The van der Waals surface area contributed by atoms with E-state index in [9.17, 15) is 9.59 Å². The Labute approximate surface area is 181 Å². The maximum atomic E-state index is 12.3. The van der Waals surface area contributed by atoms with Gasteiger partial charge < -0.3 is 19.7 Å². The zero-order valence-corrected chi connectivity index (χ0v) is 18.0. The van der Waals surface area contributed by atoms with Crippen molar-refractivity contribution < 1.29 is 19.1 Å². The van der Waals surface area contributed by atoms with Crippen LogP contribution in [0.15, 0.2) is 42.5 Å². The highest BCUT2D eigenvalue weighted by molar-refractivity contribution is 6.32. The second-order valence-corrected chi connectivity index (χ2v) is 7.63. The molecule has 0 radical (unpaired) electrons. The van der Waals surface area contributed by atoms with Gasteiger partial charge in [0.15, 0.2) is 11.5 Å². The normalized spacial score (nSPS) is 13.9. The number of benzene rings is 2. The van der Waals surface area contributed by atoms with Crippen LogP contribution in [-0.4, -0.2) is 31.6 Å². The van der Waals surface area contributed by atoms with E-state index >= 15 is 0 Å². The molecule has 2 aromatic rings. The van der Waals surface area contributed by atoms with Crippen LogP contribution < -0.4 is 19.7 Å². The molecule has 0 bridgehead atoms. The van der Waals surface area contributed by atoms with E-state index in [0.29, 0.717) is 34.2 Å². The molecule has 1 saturated heterocycles. The molecule has 30 heavy (non-hydrogen) atoms. The summed E-state index contributed by atoms with van der Waals surface area (Å²) in [5, 5.41) is 3.22. The zero-order valence-electron chi connectivity index (χ0n) is 17.3. The van der Waals surface area contributed by atoms with E-state index in [-0.39, 0.29) is 17.9 Å². The number of anilines is 2. The number of methoxy groups -OCH3 is 1. The summed E-state index contributed by atoms with van der Waals surface area (Å²) in [5.74, 6) is 0.835. The highest BCUT2D eigenvalue weighted by Crippen LogP contribution is 2.37. The first-order chi connectivity index (χ1) is 14.4. The molecule has 2 amide bonds. The molecule has 0 atom stereocenters. The summed E-state index contributed by atoms with van der Waals surface area (Å²) in [7, 11) is 1.54. The number of nitrogens with zero attached hydrogens (tertiary/aromatic N) is 1. The SMILES string of the molecule is COc1cc(/C=C/C(=O)Nc2ccc(N3CCCC3=O)cc2)cc(Cl)c1OC(C)C. The summed E-state index contributed by atoms with van der Waals surface area (Å²) in [6, 6.07) is 10.7. The van der Waals surface area contributed by atoms with Crippen LogP contribution >= 0.6 is 11.6 Å². The Hall–Kier alpha value is -2.99. The number of nitrogens with one attached hydrogen (secondary N) is 1. The predicted molar refractivity (Wildman–Crippen MR) is 119 cm³/mol. The zero-order chi connectivity index (χ0) is 21.7. The van der Waals surface area contributed by atoms with E-state index in [1.54, 1.807) is 42.4 Å². The number of halogens is 1. The van der Waals surface area contributed by atoms with E-state index < -0.39 is 0 Å². The summed E-state index contributed by atoms with van der Waals surface area (Å²) < 4.78 is 11.1. The maximum absolute atomic E-state index is 12.3. The van der Waals surface area contributed by atoms with Gasteiger partial charge in [-0.15, -0.1) is 0 Å². The fourth-order valence-electron chi connectivity index (χ4n) is 3.19. The topological polar surface area (TPSA) is 67.9 Å². The molecule has 1 N–H and O–H groups in total. The van der Waals surface area contributed by atoms with Crippen molar-refractivity contribution in [2.75, 3.05) is 23.9 Å². The molecular weight excluding hydrogens is 404 g/mol. The largest absolute Gasteiger partial charge is 0.493 e. The molecule has 0 saturated carbocycles. The molecule has 6 nitrogen and oxygen atoms in total. The van der Waals surface area contributed by atoms with Crippen LogP contribution in [0.2, 0.25) is 5.02 Å². The highest BCUT2D eigenvalue weighted by atomic mass is 35.5. The van der Waals surface area contributed by atoms with Gasteiger partial charge in [-0.05, 0) is 68.3 Å². The van der Waals surface area contributed by atoms with Gasteiger partial charge in [0.1, 0.15) is 0 Å². The average molecular weight is 429 g/mol. The summed E-state index contributed by atoms with van der Waals surface area (Å²) >= 11 is 6.31. The first kappa shape index (κ1) is 21.7. The number of hydrogen-bond acceptors (Lipinski definition) is 4. The number of amides is 2. The third kappa shape index (κ3) is 5.33. The van der Waals surface area contributed by atoms with Gasteiger partial charge in [-0.25, -0.2) is 0 Å². The van der Waals surface area contributed by atoms with E-state index in [0.717, 1.165) is 18.7 Å². The molecule has 0 aromatic heterocycles. The minimum atomic E-state index is -0.280. The molecule has 1 fully saturated rings. The lowest BCUT2D eigenvalue weighted by Gasteiger charge is -2.16. The van der Waals surface area contributed by atoms with E-state index in [4.69, 9.17) is 21.1 Å². The van der Waals surface area contributed by atoms with Gasteiger partial charge in [-0.2, -0.15) is 0 Å². The molecule has 7 heteroatoms. The van der Waals surface area contributed by atoms with Crippen molar-refractivity contribution in [1.29, 1.82) is 0 Å². The van der Waals surface area contributed by atoms with Gasteiger partial charge in [0, 0.05) is 30.4 Å². The van der Waals surface area contributed by atoms with Crippen molar-refractivity contribution in [3.05, 3.63) is 53.1 Å². The van der Waals surface area contributed by atoms with Crippen LogP contribution in [-0.2, 0) is 9.59 Å². The van der Waals surface area contributed by atoms with Crippen molar-refractivity contribution in [3.8, 4) is 11.5 Å². The molecule has 0 aliphatic carbocycles. The van der Waals surface area contributed by atoms with Crippen molar-refractivity contribution >= 4 is 40.9 Å². The van der Waals surface area contributed by atoms with Crippen molar-refractivity contribution in [3.63, 3.8) is 0 Å². The molecule has 1 aliphatic rings. The van der Waals surface area contributed by atoms with Gasteiger partial charge in [-0.1, -0.05) is 11.6 Å². The lowest BCUT2D eigenvalue weighted by molar-refractivity contribution is -0.117. The predicted octanol–water partition coefficient (Wildman–Crippen LogP) is 4.91. The standard InChI is InChI=1S/C23H25ClN2O4/c1-15(2)30-23-19(24)13-16(14-20(23)29-3)6-11-21(27)25-17-7-9-18(10-8-17)26-12-4-5-22(26)28/h6-11,13-15H,4-5,12H2,1-3H3,(H,25,27)/b11-6+. The van der Waals surface area contributed by atoms with Gasteiger partial charge >= 0.3 is 0 Å². The third-order valence-corrected chi connectivity index (χ3v) is 4.83. The minimum absolute atomic E-state index is 0.0430. The van der Waals surface area contributed by atoms with Gasteiger partial charge in [0.05, 0.1) is 18.2 Å². The number of rotatable bonds is 7. The van der Waals surface area contributed by atoms with Gasteiger partial charge in [0.2, 0.25) is 11.8 Å². The summed E-state index contributed by atoms with van der Waals surface area (Å²) in [6.45, 7) is 4.55. The van der Waals surface area contributed by atoms with E-state index in [1.165, 1.54) is 6.08 Å². The van der Waals surface area contributed by atoms with Gasteiger partial charge in [-0.3, -0.25) is 9.59 Å². The summed E-state index contributed by atoms with van der Waals surface area (Å²) in [6.07, 6.45) is 4.49. The molecule has 0 spiro atoms. The van der Waals surface area contributed by atoms with Crippen LogP contribution in [0.1, 0.15) is 32.3 Å². The molecule has 2 aromatic carbocycles. The monoisotopic (exact) mass is 428 g/mol.